The zero-order valence-electron chi connectivity index (χ0n) is 9.84. The van der Waals surface area contributed by atoms with Crippen LogP contribution in [-0.2, 0) is 10.0 Å². The third kappa shape index (κ3) is 1.81. The third-order valence-electron chi connectivity index (χ3n) is 3.90. The second-order valence-electron chi connectivity index (χ2n) is 5.10. The van der Waals surface area contributed by atoms with Crippen LogP contribution in [0, 0.1) is 5.92 Å². The van der Waals surface area contributed by atoms with Crippen LogP contribution in [0.15, 0.2) is 23.1 Å². The van der Waals surface area contributed by atoms with Crippen molar-refractivity contribution in [3.8, 4) is 0 Å². The number of fused-ring (bicyclic) bond motifs is 2. The molecule has 18 heavy (non-hydrogen) atoms. The Hall–Kier alpha value is -0.780. The molecular weight excluding hydrogens is 272 g/mol. The number of hydrogen-bond acceptors (Lipinski definition) is 3. The smallest absolute Gasteiger partial charge is 0.244 e. The first kappa shape index (κ1) is 12.3. The summed E-state index contributed by atoms with van der Waals surface area (Å²) < 4.78 is 26.7. The van der Waals surface area contributed by atoms with Crippen LogP contribution in [0.5, 0.6) is 0 Å². The van der Waals surface area contributed by atoms with Crippen LogP contribution in [0.25, 0.3) is 0 Å². The van der Waals surface area contributed by atoms with Gasteiger partial charge in [-0.15, -0.1) is 0 Å². The normalized spacial score (nSPS) is 27.8. The lowest BCUT2D eigenvalue weighted by molar-refractivity contribution is 0.333. The first-order valence-electron chi connectivity index (χ1n) is 6.05. The summed E-state index contributed by atoms with van der Waals surface area (Å²) in [4.78, 5) is 0.172. The summed E-state index contributed by atoms with van der Waals surface area (Å²) in [5.74, 6) is 0.525. The molecule has 3 rings (SSSR count). The van der Waals surface area contributed by atoms with Gasteiger partial charge in [-0.1, -0.05) is 11.6 Å². The van der Waals surface area contributed by atoms with Crippen LogP contribution in [0.3, 0.4) is 0 Å². The van der Waals surface area contributed by atoms with Crippen molar-refractivity contribution >= 4 is 27.3 Å². The summed E-state index contributed by atoms with van der Waals surface area (Å²) in [6.45, 7) is 0.633. The molecule has 1 aromatic carbocycles. The minimum absolute atomic E-state index is 0.161. The van der Waals surface area contributed by atoms with Gasteiger partial charge in [0.25, 0.3) is 0 Å². The number of nitrogens with two attached hydrogens (primary N) is 1. The van der Waals surface area contributed by atoms with Crippen molar-refractivity contribution in [2.45, 2.75) is 30.2 Å². The Morgan fingerprint density at radius 1 is 1.33 bits per heavy atom. The second-order valence-corrected chi connectivity index (χ2v) is 7.36. The maximum Gasteiger partial charge on any atom is 0.244 e. The Bertz CT molecular complexity index is 588. The molecule has 1 aliphatic carbocycles. The standard InChI is InChI=1S/C12H15ClN2O2S/c13-11-6-9(14)2-4-12(11)18(16,17)15-7-8-1-3-10(15)5-8/h2,4,6,8,10H,1,3,5,7,14H2. The van der Waals surface area contributed by atoms with Crippen molar-refractivity contribution < 1.29 is 8.42 Å². The van der Waals surface area contributed by atoms with Gasteiger partial charge in [0.2, 0.25) is 10.0 Å². The summed E-state index contributed by atoms with van der Waals surface area (Å²) in [7, 11) is -3.47. The minimum atomic E-state index is -3.47. The van der Waals surface area contributed by atoms with E-state index in [0.29, 0.717) is 18.2 Å². The number of hydrogen-bond donors (Lipinski definition) is 1. The minimum Gasteiger partial charge on any atom is -0.399 e. The molecule has 0 aromatic heterocycles. The fraction of sp³-hybridized carbons (Fsp3) is 0.500. The molecule has 2 bridgehead atoms. The molecule has 1 aromatic rings. The molecule has 1 aliphatic heterocycles. The molecule has 1 saturated heterocycles. The van der Waals surface area contributed by atoms with E-state index in [1.54, 1.807) is 10.4 Å². The number of rotatable bonds is 2. The third-order valence-corrected chi connectivity index (χ3v) is 6.30. The van der Waals surface area contributed by atoms with Gasteiger partial charge < -0.3 is 5.73 Å². The molecule has 0 amide bonds. The predicted octanol–water partition coefficient (Wildman–Crippen LogP) is 2.10. The van der Waals surface area contributed by atoms with E-state index in [0.717, 1.165) is 19.3 Å². The van der Waals surface area contributed by atoms with Gasteiger partial charge in [-0.25, -0.2) is 8.42 Å². The topological polar surface area (TPSA) is 63.4 Å². The maximum absolute atomic E-state index is 12.6. The summed E-state index contributed by atoms with van der Waals surface area (Å²) >= 11 is 6.01. The van der Waals surface area contributed by atoms with E-state index in [2.05, 4.69) is 0 Å². The predicted molar refractivity (Wildman–Crippen MR) is 70.9 cm³/mol. The Balaban J connectivity index is 2.00. The molecule has 98 valence electrons. The molecule has 2 atom stereocenters. The van der Waals surface area contributed by atoms with Crippen LogP contribution in [-0.4, -0.2) is 25.3 Å². The number of halogens is 1. The van der Waals surface area contributed by atoms with Crippen molar-refractivity contribution in [3.05, 3.63) is 23.2 Å². The lowest BCUT2D eigenvalue weighted by Crippen LogP contribution is -2.37. The molecule has 2 unspecified atom stereocenters. The van der Waals surface area contributed by atoms with E-state index in [1.807, 2.05) is 0 Å². The molecular formula is C12H15ClN2O2S. The highest BCUT2D eigenvalue weighted by Gasteiger charge is 2.44. The van der Waals surface area contributed by atoms with E-state index in [4.69, 9.17) is 17.3 Å². The quantitative estimate of drug-likeness (QED) is 0.847. The summed E-state index contributed by atoms with van der Waals surface area (Å²) in [5, 5.41) is 0.206. The van der Waals surface area contributed by atoms with Crippen LogP contribution in [0.2, 0.25) is 5.02 Å². The highest BCUT2D eigenvalue weighted by atomic mass is 35.5. The molecule has 0 spiro atoms. The van der Waals surface area contributed by atoms with Crippen molar-refractivity contribution in [2.24, 2.45) is 5.92 Å². The molecule has 2 fully saturated rings. The van der Waals surface area contributed by atoms with Gasteiger partial charge in [-0.05, 0) is 43.4 Å². The number of piperidine rings is 1. The second kappa shape index (κ2) is 4.11. The molecule has 2 aliphatic rings. The molecule has 2 N–H and O–H groups in total. The van der Waals surface area contributed by atoms with Crippen molar-refractivity contribution in [1.82, 2.24) is 4.31 Å². The Kier molecular flexibility index (Phi) is 2.80. The fourth-order valence-corrected chi connectivity index (χ4v) is 5.30. The van der Waals surface area contributed by atoms with Gasteiger partial charge in [0.05, 0.1) is 5.02 Å². The summed E-state index contributed by atoms with van der Waals surface area (Å²) in [5.41, 5.74) is 6.07. The van der Waals surface area contributed by atoms with E-state index >= 15 is 0 Å². The zero-order chi connectivity index (χ0) is 12.9. The first-order valence-corrected chi connectivity index (χ1v) is 7.87. The van der Waals surface area contributed by atoms with Crippen LogP contribution < -0.4 is 5.73 Å². The monoisotopic (exact) mass is 286 g/mol. The van der Waals surface area contributed by atoms with Gasteiger partial charge in [0, 0.05) is 18.3 Å². The van der Waals surface area contributed by atoms with Gasteiger partial charge in [0.15, 0.2) is 0 Å². The summed E-state index contributed by atoms with van der Waals surface area (Å²) in [6, 6.07) is 4.73. The Morgan fingerprint density at radius 2 is 2.11 bits per heavy atom. The van der Waals surface area contributed by atoms with E-state index < -0.39 is 10.0 Å². The highest BCUT2D eigenvalue weighted by molar-refractivity contribution is 7.89. The van der Waals surface area contributed by atoms with E-state index in [-0.39, 0.29) is 16.0 Å². The average Bonchev–Trinajstić information content (AvgIpc) is 2.90. The molecule has 1 heterocycles. The Labute approximate surface area is 112 Å². The first-order chi connectivity index (χ1) is 8.48. The molecule has 4 nitrogen and oxygen atoms in total. The zero-order valence-corrected chi connectivity index (χ0v) is 11.4. The molecule has 6 heteroatoms. The van der Waals surface area contributed by atoms with E-state index in [9.17, 15) is 8.42 Å². The van der Waals surface area contributed by atoms with Crippen molar-refractivity contribution in [2.75, 3.05) is 12.3 Å². The van der Waals surface area contributed by atoms with Gasteiger partial charge in [-0.3, -0.25) is 0 Å². The largest absolute Gasteiger partial charge is 0.399 e. The van der Waals surface area contributed by atoms with Crippen molar-refractivity contribution in [1.29, 1.82) is 0 Å². The van der Waals surface area contributed by atoms with Crippen LogP contribution in [0.4, 0.5) is 5.69 Å². The molecule has 0 radical (unpaired) electrons. The van der Waals surface area contributed by atoms with Crippen molar-refractivity contribution in [3.63, 3.8) is 0 Å². The van der Waals surface area contributed by atoms with Crippen LogP contribution in [0.1, 0.15) is 19.3 Å². The lowest BCUT2D eigenvalue weighted by atomic mass is 10.1. The summed E-state index contributed by atoms with van der Waals surface area (Å²) in [6.07, 6.45) is 3.11. The number of sulfonamides is 1. The average molecular weight is 287 g/mol. The maximum atomic E-state index is 12.6. The van der Waals surface area contributed by atoms with Gasteiger partial charge >= 0.3 is 0 Å². The fourth-order valence-electron chi connectivity index (χ4n) is 3.03. The SMILES string of the molecule is Nc1ccc(S(=O)(=O)N2CC3CCC2C3)c(Cl)c1. The number of nitrogen functional groups attached to an aromatic ring is 1. The highest BCUT2D eigenvalue weighted by Crippen LogP contribution is 2.41. The lowest BCUT2D eigenvalue weighted by Gasteiger charge is -2.26. The number of benzene rings is 1. The number of nitrogens with zero attached hydrogens (tertiary/aromatic N) is 1. The van der Waals surface area contributed by atoms with Gasteiger partial charge in [-0.2, -0.15) is 4.31 Å². The number of anilines is 1. The Morgan fingerprint density at radius 3 is 2.67 bits per heavy atom. The van der Waals surface area contributed by atoms with E-state index in [1.165, 1.54) is 12.1 Å². The molecule has 1 saturated carbocycles. The van der Waals surface area contributed by atoms with Gasteiger partial charge in [0.1, 0.15) is 4.90 Å². The van der Waals surface area contributed by atoms with Crippen LogP contribution >= 0.6 is 11.6 Å².